The number of benzene rings is 2. The topological polar surface area (TPSA) is 30.9 Å². The maximum absolute atomic E-state index is 6.49. The molecule has 0 saturated carbocycles. The van der Waals surface area contributed by atoms with Gasteiger partial charge in [0.1, 0.15) is 6.10 Å². The Morgan fingerprint density at radius 2 is 1.61 bits per heavy atom. The van der Waals surface area contributed by atoms with Crippen LogP contribution in [-0.2, 0) is 0 Å². The minimum Gasteiger partial charge on any atom is -0.436 e. The maximum Gasteiger partial charge on any atom is 0.374 e. The molecule has 0 fully saturated rings. The minimum atomic E-state index is -0.0579. The van der Waals surface area contributed by atoms with E-state index >= 15 is 0 Å². The van der Waals surface area contributed by atoms with E-state index in [1.807, 2.05) is 12.4 Å². The number of nitrogens with zero attached hydrogens (tertiary/aromatic N) is 3. The lowest BCUT2D eigenvalue weighted by molar-refractivity contribution is -0.605. The van der Waals surface area contributed by atoms with Crippen molar-refractivity contribution < 1.29 is 9.30 Å². The molecular formula is C29H36N3O+. The Hall–Kier alpha value is -3.14. The fourth-order valence-electron chi connectivity index (χ4n) is 4.01. The standard InChI is InChI=1S/C29H36N3O/c1-20(2)24-13-16-28(33-21(3)23-11-9-8-10-12-23)31(18-24)25-14-15-26-27(17-25)32(19-30-26)22(4)29(5,6)7/h8-22H,1-7H3/q+1. The fraction of sp³-hybridized carbons (Fsp3) is 0.379. The number of imidazole rings is 1. The van der Waals surface area contributed by atoms with E-state index in [9.17, 15) is 0 Å². The van der Waals surface area contributed by atoms with Gasteiger partial charge in [-0.15, -0.1) is 4.57 Å². The van der Waals surface area contributed by atoms with E-state index < -0.39 is 0 Å². The van der Waals surface area contributed by atoms with Crippen LogP contribution in [0.5, 0.6) is 5.88 Å². The van der Waals surface area contributed by atoms with Gasteiger partial charge in [-0.1, -0.05) is 65.0 Å². The van der Waals surface area contributed by atoms with E-state index in [4.69, 9.17) is 4.74 Å². The Morgan fingerprint density at radius 3 is 2.27 bits per heavy atom. The highest BCUT2D eigenvalue weighted by molar-refractivity contribution is 5.77. The number of fused-ring (bicyclic) bond motifs is 1. The molecule has 0 bridgehead atoms. The quantitative estimate of drug-likeness (QED) is 0.296. The molecule has 2 unspecified atom stereocenters. The van der Waals surface area contributed by atoms with Crippen molar-refractivity contribution >= 4 is 11.0 Å². The molecule has 2 aromatic carbocycles. The van der Waals surface area contributed by atoms with Crippen molar-refractivity contribution in [2.75, 3.05) is 0 Å². The number of hydrogen-bond acceptors (Lipinski definition) is 2. The van der Waals surface area contributed by atoms with Crippen LogP contribution in [0.15, 0.2) is 73.2 Å². The van der Waals surface area contributed by atoms with Crippen molar-refractivity contribution in [3.8, 4) is 11.6 Å². The first kappa shape index (κ1) is 23.0. The van der Waals surface area contributed by atoms with Crippen LogP contribution in [0.4, 0.5) is 0 Å². The molecule has 4 aromatic rings. The summed E-state index contributed by atoms with van der Waals surface area (Å²) in [4.78, 5) is 4.67. The van der Waals surface area contributed by atoms with Crippen LogP contribution in [0, 0.1) is 5.41 Å². The average molecular weight is 443 g/mol. The van der Waals surface area contributed by atoms with Crippen LogP contribution in [0.2, 0.25) is 0 Å². The molecule has 0 aliphatic carbocycles. The molecule has 0 N–H and O–H groups in total. The van der Waals surface area contributed by atoms with Gasteiger partial charge in [0, 0.05) is 23.7 Å². The van der Waals surface area contributed by atoms with Crippen molar-refractivity contribution in [2.24, 2.45) is 5.41 Å². The third-order valence-corrected chi connectivity index (χ3v) is 6.67. The van der Waals surface area contributed by atoms with Gasteiger partial charge in [0.25, 0.3) is 0 Å². The van der Waals surface area contributed by atoms with Crippen LogP contribution < -0.4 is 9.30 Å². The normalized spacial score (nSPS) is 13.9. The van der Waals surface area contributed by atoms with E-state index in [1.54, 1.807) is 0 Å². The van der Waals surface area contributed by atoms with Gasteiger partial charge in [-0.2, -0.15) is 0 Å². The van der Waals surface area contributed by atoms with Crippen molar-refractivity contribution in [1.82, 2.24) is 9.55 Å². The van der Waals surface area contributed by atoms with Gasteiger partial charge in [0.05, 0.1) is 23.4 Å². The van der Waals surface area contributed by atoms with Gasteiger partial charge >= 0.3 is 5.88 Å². The molecule has 33 heavy (non-hydrogen) atoms. The first-order chi connectivity index (χ1) is 15.6. The third kappa shape index (κ3) is 4.80. The fourth-order valence-corrected chi connectivity index (χ4v) is 4.01. The summed E-state index contributed by atoms with van der Waals surface area (Å²) < 4.78 is 11.0. The van der Waals surface area contributed by atoms with Crippen molar-refractivity contribution in [3.63, 3.8) is 0 Å². The van der Waals surface area contributed by atoms with Crippen molar-refractivity contribution in [3.05, 3.63) is 84.3 Å². The monoisotopic (exact) mass is 442 g/mol. The first-order valence-electron chi connectivity index (χ1n) is 11.9. The summed E-state index contributed by atoms with van der Waals surface area (Å²) in [5.74, 6) is 1.25. The number of rotatable bonds is 6. The second-order valence-corrected chi connectivity index (χ2v) is 10.4. The van der Waals surface area contributed by atoms with Gasteiger partial charge in [0.15, 0.2) is 6.20 Å². The molecule has 2 aromatic heterocycles. The van der Waals surface area contributed by atoms with Crippen LogP contribution >= 0.6 is 0 Å². The molecule has 0 saturated heterocycles. The summed E-state index contributed by atoms with van der Waals surface area (Å²) in [6.07, 6.45) is 4.11. The largest absolute Gasteiger partial charge is 0.436 e. The van der Waals surface area contributed by atoms with E-state index in [0.29, 0.717) is 12.0 Å². The highest BCUT2D eigenvalue weighted by Crippen LogP contribution is 2.33. The van der Waals surface area contributed by atoms with Crippen LogP contribution in [0.1, 0.15) is 77.7 Å². The summed E-state index contributed by atoms with van der Waals surface area (Å²) in [6.45, 7) is 15.6. The summed E-state index contributed by atoms with van der Waals surface area (Å²) >= 11 is 0. The van der Waals surface area contributed by atoms with Gasteiger partial charge in [-0.25, -0.2) is 4.98 Å². The summed E-state index contributed by atoms with van der Waals surface area (Å²) in [7, 11) is 0. The molecule has 0 amide bonds. The Morgan fingerprint density at radius 1 is 0.879 bits per heavy atom. The predicted octanol–water partition coefficient (Wildman–Crippen LogP) is 7.18. The summed E-state index contributed by atoms with van der Waals surface area (Å²) in [5.41, 5.74) is 5.78. The second-order valence-electron chi connectivity index (χ2n) is 10.4. The van der Waals surface area contributed by atoms with Crippen LogP contribution in [-0.4, -0.2) is 9.55 Å². The van der Waals surface area contributed by atoms with Gasteiger partial charge in [-0.05, 0) is 42.9 Å². The third-order valence-electron chi connectivity index (χ3n) is 6.67. The lowest BCUT2D eigenvalue weighted by atomic mass is 9.88. The molecule has 4 rings (SSSR count). The maximum atomic E-state index is 6.49. The van der Waals surface area contributed by atoms with E-state index in [2.05, 4.69) is 123 Å². The van der Waals surface area contributed by atoms with Gasteiger partial charge in [-0.3, -0.25) is 0 Å². The number of ether oxygens (including phenoxy) is 1. The van der Waals surface area contributed by atoms with E-state index in [-0.39, 0.29) is 11.5 Å². The molecule has 2 atom stereocenters. The molecule has 0 radical (unpaired) electrons. The molecule has 0 spiro atoms. The first-order valence-corrected chi connectivity index (χ1v) is 11.9. The number of pyridine rings is 1. The van der Waals surface area contributed by atoms with E-state index in [0.717, 1.165) is 28.2 Å². The Labute approximate surface area is 197 Å². The van der Waals surface area contributed by atoms with Crippen LogP contribution in [0.3, 0.4) is 0 Å². The number of aromatic nitrogens is 3. The lowest BCUT2D eigenvalue weighted by Crippen LogP contribution is -2.34. The Bertz CT molecular complexity index is 1230. The highest BCUT2D eigenvalue weighted by atomic mass is 16.5. The molecule has 0 aliphatic heterocycles. The highest BCUT2D eigenvalue weighted by Gasteiger charge is 2.25. The lowest BCUT2D eigenvalue weighted by Gasteiger charge is -2.28. The Kier molecular flexibility index (Phi) is 6.29. The van der Waals surface area contributed by atoms with Gasteiger partial charge < -0.3 is 9.30 Å². The zero-order valence-corrected chi connectivity index (χ0v) is 20.9. The van der Waals surface area contributed by atoms with Gasteiger partial charge in [0.2, 0.25) is 5.69 Å². The Balaban J connectivity index is 1.80. The van der Waals surface area contributed by atoms with Crippen LogP contribution in [0.25, 0.3) is 16.7 Å². The molecule has 2 heterocycles. The minimum absolute atomic E-state index is 0.0579. The van der Waals surface area contributed by atoms with Crippen molar-refractivity contribution in [1.29, 1.82) is 0 Å². The zero-order chi connectivity index (χ0) is 23.8. The molecule has 4 nitrogen and oxygen atoms in total. The average Bonchev–Trinajstić information content (AvgIpc) is 3.21. The predicted molar refractivity (Wildman–Crippen MR) is 135 cm³/mol. The molecule has 4 heteroatoms. The summed E-state index contributed by atoms with van der Waals surface area (Å²) in [5, 5.41) is 0. The molecule has 172 valence electrons. The second kappa shape index (κ2) is 9.01. The molecule has 0 aliphatic rings. The zero-order valence-electron chi connectivity index (χ0n) is 20.9. The van der Waals surface area contributed by atoms with Crippen molar-refractivity contribution in [2.45, 2.75) is 66.5 Å². The molecular weight excluding hydrogens is 406 g/mol. The smallest absolute Gasteiger partial charge is 0.374 e. The number of hydrogen-bond donors (Lipinski definition) is 0. The summed E-state index contributed by atoms with van der Waals surface area (Å²) in [6, 6.07) is 21.4. The van der Waals surface area contributed by atoms with E-state index in [1.165, 1.54) is 5.56 Å². The SMILES string of the molecule is CC(C)c1ccc(OC(C)c2ccccc2)[n+](-c2ccc3ncn(C(C)C(C)(C)C)c3c2)c1.